The van der Waals surface area contributed by atoms with Gasteiger partial charge in [0, 0.05) is 12.5 Å². The van der Waals surface area contributed by atoms with Crippen LogP contribution in [0.1, 0.15) is 92.4 Å². The lowest BCUT2D eigenvalue weighted by Gasteiger charge is -2.61. The predicted octanol–water partition coefficient (Wildman–Crippen LogP) is 6.27. The molecule has 1 aromatic rings. The van der Waals surface area contributed by atoms with Crippen molar-refractivity contribution in [3.05, 3.63) is 30.3 Å². The van der Waals surface area contributed by atoms with Crippen molar-refractivity contribution in [2.24, 2.45) is 51.8 Å². The van der Waals surface area contributed by atoms with Gasteiger partial charge < -0.3 is 14.9 Å². The molecule has 2 N–H and O–H groups in total. The van der Waals surface area contributed by atoms with Gasteiger partial charge in [0.05, 0.1) is 28.0 Å². The van der Waals surface area contributed by atoms with Gasteiger partial charge >= 0.3 is 0 Å². The number of benzene rings is 1. The normalized spacial score (nSPS) is 44.6. The molecule has 0 amide bonds. The van der Waals surface area contributed by atoms with Gasteiger partial charge in [-0.15, -0.1) is 0 Å². The van der Waals surface area contributed by atoms with Crippen LogP contribution in [0.5, 0.6) is 0 Å². The van der Waals surface area contributed by atoms with E-state index < -0.39 is 26.8 Å². The molecule has 40 heavy (non-hydrogen) atoms. The van der Waals surface area contributed by atoms with Gasteiger partial charge in [-0.1, -0.05) is 39.0 Å². The Hall–Kier alpha value is -0.950. The van der Waals surface area contributed by atoms with E-state index in [2.05, 4.69) is 20.8 Å². The summed E-state index contributed by atoms with van der Waals surface area (Å²) in [6.45, 7) is 10.3. The molecule has 5 saturated carbocycles. The summed E-state index contributed by atoms with van der Waals surface area (Å²) in [6.07, 6.45) is 9.10. The Morgan fingerprint density at radius 1 is 1.05 bits per heavy atom. The van der Waals surface area contributed by atoms with Crippen molar-refractivity contribution in [1.82, 2.24) is 0 Å². The zero-order valence-electron chi connectivity index (χ0n) is 25.5. The second-order valence-corrected chi connectivity index (χ2v) is 17.8. The largest absolute Gasteiger partial charge is 0.390 e. The number of hydrogen-bond donors (Lipinski definition) is 2. The summed E-state index contributed by atoms with van der Waals surface area (Å²) in [7, 11) is -1.78. The Bertz CT molecular complexity index is 1210. The van der Waals surface area contributed by atoms with Crippen molar-refractivity contribution in [2.75, 3.05) is 7.11 Å². The van der Waals surface area contributed by atoms with Crippen LogP contribution in [0.4, 0.5) is 0 Å². The van der Waals surface area contributed by atoms with E-state index in [4.69, 9.17) is 4.74 Å². The van der Waals surface area contributed by atoms with Crippen LogP contribution >= 0.6 is 0 Å². The Labute approximate surface area is 242 Å². The fourth-order valence-electron chi connectivity index (χ4n) is 11.7. The molecule has 0 aromatic heterocycles. The van der Waals surface area contributed by atoms with Crippen molar-refractivity contribution in [3.63, 3.8) is 0 Å². The van der Waals surface area contributed by atoms with Crippen molar-refractivity contribution < 1.29 is 23.4 Å². The second-order valence-electron chi connectivity index (χ2n) is 15.6. The first-order valence-corrected chi connectivity index (χ1v) is 17.5. The maximum Gasteiger partial charge on any atom is 0.181 e. The summed E-state index contributed by atoms with van der Waals surface area (Å²) < 4.78 is 34.6. The van der Waals surface area contributed by atoms with E-state index in [0.29, 0.717) is 33.7 Å². The van der Waals surface area contributed by atoms with Crippen LogP contribution in [-0.2, 0) is 14.6 Å². The summed E-state index contributed by atoms with van der Waals surface area (Å²) in [5.74, 6) is 2.97. The number of sulfone groups is 1. The van der Waals surface area contributed by atoms with E-state index in [1.54, 1.807) is 38.1 Å². The number of aliphatic hydroxyl groups is 2. The minimum atomic E-state index is -3.71. The quantitative estimate of drug-likeness (QED) is 0.384. The average Bonchev–Trinajstić information content (AvgIpc) is 3.42. The van der Waals surface area contributed by atoms with Crippen LogP contribution in [0.25, 0.3) is 0 Å². The summed E-state index contributed by atoms with van der Waals surface area (Å²) in [5.41, 5.74) is -0.507. The molecular weight excluding hydrogens is 520 g/mol. The van der Waals surface area contributed by atoms with Crippen LogP contribution < -0.4 is 0 Å². The van der Waals surface area contributed by atoms with Gasteiger partial charge in [0.25, 0.3) is 0 Å². The lowest BCUT2D eigenvalue weighted by Crippen LogP contribution is -2.57. The minimum Gasteiger partial charge on any atom is -0.390 e. The number of hydrogen-bond acceptors (Lipinski definition) is 5. The third-order valence-corrected chi connectivity index (χ3v) is 16.2. The molecule has 12 atom stereocenters. The highest BCUT2D eigenvalue weighted by Crippen LogP contribution is 2.82. The van der Waals surface area contributed by atoms with Gasteiger partial charge in [0.1, 0.15) is 0 Å². The average molecular weight is 573 g/mol. The highest BCUT2D eigenvalue weighted by atomic mass is 32.2. The van der Waals surface area contributed by atoms with E-state index >= 15 is 0 Å². The minimum absolute atomic E-state index is 0.0406. The Kier molecular flexibility index (Phi) is 6.94. The maximum absolute atomic E-state index is 14.2. The van der Waals surface area contributed by atoms with E-state index in [9.17, 15) is 18.6 Å². The van der Waals surface area contributed by atoms with Crippen molar-refractivity contribution in [3.8, 4) is 0 Å². The van der Waals surface area contributed by atoms with Crippen LogP contribution in [0, 0.1) is 51.8 Å². The van der Waals surface area contributed by atoms with Crippen molar-refractivity contribution in [1.29, 1.82) is 0 Å². The fourth-order valence-corrected chi connectivity index (χ4v) is 13.7. The number of fused-ring (bicyclic) bond motifs is 4. The molecule has 6 heteroatoms. The molecule has 0 heterocycles. The van der Waals surface area contributed by atoms with Gasteiger partial charge in [0.2, 0.25) is 0 Å². The number of ether oxygens (including phenoxy) is 1. The number of methoxy groups -OCH3 is 1. The smallest absolute Gasteiger partial charge is 0.181 e. The second kappa shape index (κ2) is 9.53. The Morgan fingerprint density at radius 3 is 2.38 bits per heavy atom. The monoisotopic (exact) mass is 572 g/mol. The molecule has 0 aliphatic heterocycles. The molecule has 5 aliphatic carbocycles. The molecule has 1 unspecified atom stereocenters. The van der Waals surface area contributed by atoms with Crippen LogP contribution in [0.2, 0.25) is 0 Å². The van der Waals surface area contributed by atoms with E-state index in [1.165, 1.54) is 25.7 Å². The fraction of sp³-hybridized carbons (Fsp3) is 0.824. The molecular formula is C34H52O5S. The zero-order valence-corrected chi connectivity index (χ0v) is 26.3. The molecule has 6 rings (SSSR count). The van der Waals surface area contributed by atoms with Crippen molar-refractivity contribution >= 4 is 9.84 Å². The zero-order chi connectivity index (χ0) is 28.9. The number of rotatable bonds is 8. The highest BCUT2D eigenvalue weighted by molar-refractivity contribution is 7.92. The lowest BCUT2D eigenvalue weighted by atomic mass is 9.45. The summed E-state index contributed by atoms with van der Waals surface area (Å²) in [4.78, 5) is 0.312. The molecule has 5 aliphatic rings. The summed E-state index contributed by atoms with van der Waals surface area (Å²) >= 11 is 0. The first-order chi connectivity index (χ1) is 18.7. The standard InChI is InChI=1S/C34H52O5S/c1-21(28(19-29(35)31(2,3)36)40(37,38)23-10-8-7-9-11-23)25-12-13-26-24-18-30(39-6)34-20-22(34)14-17-33(34,5)27(24)15-16-32(25,26)4/h7-11,21-22,24-30,35-36H,12-20H2,1-6H3/t21-,22+,24-,25+,26-,27-,28?,29+,30+,32+,33+,34-/m0/s1. The molecule has 0 bridgehead atoms. The van der Waals surface area contributed by atoms with Gasteiger partial charge in [0.15, 0.2) is 9.84 Å². The van der Waals surface area contributed by atoms with Crippen molar-refractivity contribution in [2.45, 2.75) is 120 Å². The summed E-state index contributed by atoms with van der Waals surface area (Å²) in [6, 6.07) is 8.72. The third kappa shape index (κ3) is 3.98. The van der Waals surface area contributed by atoms with E-state index in [0.717, 1.165) is 37.5 Å². The Balaban J connectivity index is 1.31. The molecule has 1 spiro atoms. The van der Waals surface area contributed by atoms with Crippen LogP contribution in [0.15, 0.2) is 35.2 Å². The van der Waals surface area contributed by atoms with Gasteiger partial charge in [-0.3, -0.25) is 0 Å². The lowest BCUT2D eigenvalue weighted by molar-refractivity contribution is -0.161. The van der Waals surface area contributed by atoms with Crippen LogP contribution in [0.3, 0.4) is 0 Å². The van der Waals surface area contributed by atoms with Crippen LogP contribution in [-0.4, -0.2) is 48.8 Å². The Morgan fingerprint density at radius 2 is 1.75 bits per heavy atom. The van der Waals surface area contributed by atoms with Gasteiger partial charge in [-0.25, -0.2) is 8.42 Å². The predicted molar refractivity (Wildman–Crippen MR) is 157 cm³/mol. The highest BCUT2D eigenvalue weighted by Gasteiger charge is 2.77. The summed E-state index contributed by atoms with van der Waals surface area (Å²) in [5, 5.41) is 20.8. The third-order valence-electron chi connectivity index (χ3n) is 13.9. The molecule has 1 aromatic carbocycles. The topological polar surface area (TPSA) is 83.8 Å². The van der Waals surface area contributed by atoms with E-state index in [1.807, 2.05) is 13.2 Å². The SMILES string of the molecule is CO[C@@H]1C[C@H]2[C@@H]3CC[C@H]([C@H](C)C(C[C@@H](O)C(C)(C)O)S(=O)(=O)c4ccccc4)[C@@]3(C)CC[C@@H]2[C@@]2(C)CC[C@@H]3C[C@]312. The molecule has 5 fully saturated rings. The molecule has 0 radical (unpaired) electrons. The maximum atomic E-state index is 14.2. The van der Waals surface area contributed by atoms with E-state index in [-0.39, 0.29) is 23.7 Å². The van der Waals surface area contributed by atoms with Gasteiger partial charge in [-0.05, 0) is 130 Å². The molecule has 224 valence electrons. The molecule has 0 saturated heterocycles. The first kappa shape index (κ1) is 29.1. The number of aliphatic hydroxyl groups excluding tert-OH is 1. The van der Waals surface area contributed by atoms with Gasteiger partial charge in [-0.2, -0.15) is 0 Å². The first-order valence-electron chi connectivity index (χ1n) is 15.9. The molecule has 5 nitrogen and oxygen atoms in total.